The fourth-order valence-corrected chi connectivity index (χ4v) is 3.30. The van der Waals surface area contributed by atoms with Crippen molar-refractivity contribution in [2.45, 2.75) is 39.8 Å². The van der Waals surface area contributed by atoms with Crippen LogP contribution in [-0.4, -0.2) is 15.0 Å². The predicted octanol–water partition coefficient (Wildman–Crippen LogP) is 3.73. The van der Waals surface area contributed by atoms with Crippen molar-refractivity contribution in [1.29, 1.82) is 0 Å². The third-order valence-electron chi connectivity index (χ3n) is 4.89. The van der Waals surface area contributed by atoms with E-state index >= 15 is 0 Å². The van der Waals surface area contributed by atoms with Gasteiger partial charge < -0.3 is 5.32 Å². The average Bonchev–Trinajstić information content (AvgIpc) is 2.68. The Kier molecular flexibility index (Phi) is 5.70. The Morgan fingerprint density at radius 3 is 2.61 bits per heavy atom. The van der Waals surface area contributed by atoms with Gasteiger partial charge in [-0.3, -0.25) is 18.7 Å². The van der Waals surface area contributed by atoms with E-state index in [0.29, 0.717) is 28.0 Å². The van der Waals surface area contributed by atoms with Gasteiger partial charge in [-0.05, 0) is 50.1 Å². The van der Waals surface area contributed by atoms with Crippen LogP contribution in [-0.2, 0) is 11.3 Å². The largest absolute Gasteiger partial charge is 0.332 e. The van der Waals surface area contributed by atoms with Gasteiger partial charge >= 0.3 is 5.69 Å². The summed E-state index contributed by atoms with van der Waals surface area (Å²) < 4.78 is 2.57. The topological polar surface area (TPSA) is 73.1 Å². The van der Waals surface area contributed by atoms with Crippen LogP contribution in [0.2, 0.25) is 5.02 Å². The zero-order chi connectivity index (χ0) is 20.4. The summed E-state index contributed by atoms with van der Waals surface area (Å²) in [7, 11) is 0. The summed E-state index contributed by atoms with van der Waals surface area (Å²) in [5, 5.41) is 3.72. The first kappa shape index (κ1) is 19.9. The normalized spacial score (nSPS) is 12.1. The maximum atomic E-state index is 13.0. The molecule has 2 aromatic carbocycles. The summed E-state index contributed by atoms with van der Waals surface area (Å²) in [4.78, 5) is 38.5. The molecule has 3 rings (SSSR count). The van der Waals surface area contributed by atoms with Gasteiger partial charge in [-0.15, -0.1) is 0 Å². The number of fused-ring (bicyclic) bond motifs is 1. The van der Waals surface area contributed by atoms with Crippen molar-refractivity contribution in [2.24, 2.45) is 0 Å². The number of rotatable bonds is 5. The highest BCUT2D eigenvalue weighted by atomic mass is 35.5. The maximum Gasteiger partial charge on any atom is 0.332 e. The van der Waals surface area contributed by atoms with Crippen LogP contribution in [0.4, 0.5) is 5.69 Å². The minimum Gasteiger partial charge on any atom is -0.324 e. The quantitative estimate of drug-likeness (QED) is 0.710. The van der Waals surface area contributed by atoms with Crippen LogP contribution in [0.3, 0.4) is 0 Å². The number of carbonyl (C=O) groups is 1. The fourth-order valence-electron chi connectivity index (χ4n) is 3.13. The molecule has 6 nitrogen and oxygen atoms in total. The number of hydrogen-bond acceptors (Lipinski definition) is 3. The number of nitrogens with zero attached hydrogens (tertiary/aromatic N) is 2. The average molecular weight is 400 g/mol. The highest BCUT2D eigenvalue weighted by Crippen LogP contribution is 2.20. The van der Waals surface area contributed by atoms with Gasteiger partial charge in [0.2, 0.25) is 5.91 Å². The lowest BCUT2D eigenvalue weighted by Crippen LogP contribution is -2.43. The van der Waals surface area contributed by atoms with Crippen LogP contribution in [0.25, 0.3) is 10.9 Å². The smallest absolute Gasteiger partial charge is 0.324 e. The van der Waals surface area contributed by atoms with Gasteiger partial charge in [-0.2, -0.15) is 0 Å². The molecular formula is C21H22ClN3O3. The van der Waals surface area contributed by atoms with Crippen LogP contribution in [0.1, 0.15) is 31.9 Å². The van der Waals surface area contributed by atoms with Crippen molar-refractivity contribution in [3.8, 4) is 0 Å². The van der Waals surface area contributed by atoms with Crippen molar-refractivity contribution in [3.05, 3.63) is 73.9 Å². The molecule has 1 amide bonds. The van der Waals surface area contributed by atoms with Crippen LogP contribution in [0.5, 0.6) is 0 Å². The molecule has 0 saturated heterocycles. The number of aryl methyl sites for hydroxylation is 1. The Morgan fingerprint density at radius 1 is 1.18 bits per heavy atom. The molecule has 1 N–H and O–H groups in total. The molecule has 3 aromatic rings. The van der Waals surface area contributed by atoms with E-state index in [1.165, 1.54) is 9.13 Å². The number of aromatic nitrogens is 2. The van der Waals surface area contributed by atoms with Crippen LogP contribution in [0, 0.1) is 6.92 Å². The third-order valence-corrected chi connectivity index (χ3v) is 5.12. The number of halogens is 1. The molecule has 1 unspecified atom stereocenters. The fraction of sp³-hybridized carbons (Fsp3) is 0.286. The van der Waals surface area contributed by atoms with E-state index in [-0.39, 0.29) is 24.1 Å². The highest BCUT2D eigenvalue weighted by Gasteiger charge is 2.18. The van der Waals surface area contributed by atoms with Crippen molar-refractivity contribution in [2.75, 3.05) is 5.32 Å². The first-order chi connectivity index (χ1) is 13.3. The number of amides is 1. The van der Waals surface area contributed by atoms with Gasteiger partial charge in [0.1, 0.15) is 6.54 Å². The molecule has 7 heteroatoms. The number of benzene rings is 2. The van der Waals surface area contributed by atoms with E-state index in [1.54, 1.807) is 36.4 Å². The first-order valence-electron chi connectivity index (χ1n) is 9.13. The number of hydrogen-bond donors (Lipinski definition) is 1. The van der Waals surface area contributed by atoms with Crippen molar-refractivity contribution < 1.29 is 4.79 Å². The Balaban J connectivity index is 2.07. The van der Waals surface area contributed by atoms with E-state index in [9.17, 15) is 14.4 Å². The zero-order valence-electron chi connectivity index (χ0n) is 16.0. The maximum absolute atomic E-state index is 13.0. The summed E-state index contributed by atoms with van der Waals surface area (Å²) >= 11 is 6.01. The molecule has 1 heterocycles. The second kappa shape index (κ2) is 8.02. The lowest BCUT2D eigenvalue weighted by Gasteiger charge is -2.17. The second-order valence-corrected chi connectivity index (χ2v) is 7.26. The van der Waals surface area contributed by atoms with Crippen molar-refractivity contribution in [1.82, 2.24) is 9.13 Å². The highest BCUT2D eigenvalue weighted by molar-refractivity contribution is 6.31. The summed E-state index contributed by atoms with van der Waals surface area (Å²) in [6.45, 7) is 5.38. The van der Waals surface area contributed by atoms with E-state index in [2.05, 4.69) is 5.32 Å². The molecule has 0 saturated carbocycles. The Bertz CT molecular complexity index is 1160. The molecule has 146 valence electrons. The number of anilines is 1. The molecule has 0 fully saturated rings. The Morgan fingerprint density at radius 2 is 1.89 bits per heavy atom. The molecule has 0 bridgehead atoms. The van der Waals surface area contributed by atoms with Gasteiger partial charge in [-0.25, -0.2) is 4.79 Å². The van der Waals surface area contributed by atoms with E-state index in [1.807, 2.05) is 26.8 Å². The van der Waals surface area contributed by atoms with Gasteiger partial charge in [0, 0.05) is 16.8 Å². The van der Waals surface area contributed by atoms with Crippen LogP contribution in [0.15, 0.2) is 52.1 Å². The monoisotopic (exact) mass is 399 g/mol. The first-order valence-corrected chi connectivity index (χ1v) is 9.51. The van der Waals surface area contributed by atoms with E-state index in [0.717, 1.165) is 5.56 Å². The SMILES string of the molecule is CCC(C)n1c(=O)c2ccccc2n(CC(=O)Nc2cc(Cl)ccc2C)c1=O. The summed E-state index contributed by atoms with van der Waals surface area (Å²) in [6, 6.07) is 11.8. The minimum absolute atomic E-state index is 0.206. The molecule has 0 aliphatic rings. The van der Waals surface area contributed by atoms with Gasteiger partial charge in [0.05, 0.1) is 10.9 Å². The Hall–Kier alpha value is -2.86. The molecule has 0 aliphatic carbocycles. The van der Waals surface area contributed by atoms with Crippen molar-refractivity contribution >= 4 is 34.1 Å². The third kappa shape index (κ3) is 3.73. The summed E-state index contributed by atoms with van der Waals surface area (Å²) in [5.74, 6) is -0.369. The summed E-state index contributed by atoms with van der Waals surface area (Å²) in [5.41, 5.74) is 1.06. The van der Waals surface area contributed by atoms with E-state index < -0.39 is 5.69 Å². The van der Waals surface area contributed by atoms with Gasteiger partial charge in [-0.1, -0.05) is 36.7 Å². The molecule has 0 radical (unpaired) electrons. The molecule has 28 heavy (non-hydrogen) atoms. The summed E-state index contributed by atoms with van der Waals surface area (Å²) in [6.07, 6.45) is 0.626. The van der Waals surface area contributed by atoms with Crippen LogP contribution >= 0.6 is 11.6 Å². The number of carbonyl (C=O) groups excluding carboxylic acids is 1. The molecular weight excluding hydrogens is 378 g/mol. The van der Waals surface area contributed by atoms with Gasteiger partial charge in [0.15, 0.2) is 0 Å². The molecule has 0 aliphatic heterocycles. The molecule has 1 atom stereocenters. The molecule has 0 spiro atoms. The zero-order valence-corrected chi connectivity index (χ0v) is 16.8. The van der Waals surface area contributed by atoms with Crippen LogP contribution < -0.4 is 16.6 Å². The Labute approximate surface area is 167 Å². The predicted molar refractivity (Wildman–Crippen MR) is 112 cm³/mol. The van der Waals surface area contributed by atoms with E-state index in [4.69, 9.17) is 11.6 Å². The number of para-hydroxylation sites is 1. The lowest BCUT2D eigenvalue weighted by atomic mass is 10.2. The lowest BCUT2D eigenvalue weighted by molar-refractivity contribution is -0.116. The van der Waals surface area contributed by atoms with Gasteiger partial charge in [0.25, 0.3) is 5.56 Å². The second-order valence-electron chi connectivity index (χ2n) is 6.83. The standard InChI is InChI=1S/C21H22ClN3O3/c1-4-14(3)25-20(27)16-7-5-6-8-18(16)24(21(25)28)12-19(26)23-17-11-15(22)10-9-13(17)2/h5-11,14H,4,12H2,1-3H3,(H,23,26). The molecule has 1 aromatic heterocycles. The number of nitrogens with one attached hydrogen (secondary N) is 1. The van der Waals surface area contributed by atoms with Crippen molar-refractivity contribution in [3.63, 3.8) is 0 Å². The minimum atomic E-state index is -0.490.